The number of β-amino-alcohol motifs (C(OH)–C–C–N with tert-alkyl or cyclic N) is 1. The Hall–Kier alpha value is -1.96. The van der Waals surface area contributed by atoms with E-state index in [2.05, 4.69) is 15.2 Å². The van der Waals surface area contributed by atoms with Gasteiger partial charge in [-0.25, -0.2) is 0 Å². The second kappa shape index (κ2) is 9.45. The van der Waals surface area contributed by atoms with Gasteiger partial charge in [0.05, 0.1) is 27.2 Å². The molecule has 1 aliphatic heterocycles. The monoisotopic (exact) mass is 446 g/mol. The van der Waals surface area contributed by atoms with Crippen LogP contribution in [0.25, 0.3) is 11.0 Å². The largest absolute Gasteiger partial charge is 0.390 e. The molecule has 1 aromatic carbocycles. The molecule has 158 valence electrons. The lowest BCUT2D eigenvalue weighted by Gasteiger charge is -2.36. The van der Waals surface area contributed by atoms with E-state index in [1.54, 1.807) is 29.0 Å². The molecule has 1 aliphatic rings. The van der Waals surface area contributed by atoms with E-state index >= 15 is 0 Å². The van der Waals surface area contributed by atoms with Crippen LogP contribution in [0.1, 0.15) is 12.0 Å². The van der Waals surface area contributed by atoms with Gasteiger partial charge in [-0.1, -0.05) is 29.3 Å². The summed E-state index contributed by atoms with van der Waals surface area (Å²) in [5.74, 6) is 0. The molecule has 3 heterocycles. The first-order valence-electron chi connectivity index (χ1n) is 10.0. The Morgan fingerprint density at radius 3 is 2.80 bits per heavy atom. The summed E-state index contributed by atoms with van der Waals surface area (Å²) >= 11 is 12.0. The summed E-state index contributed by atoms with van der Waals surface area (Å²) < 4.78 is 1.75. The number of aliphatic hydroxyl groups excluding tert-OH is 1. The summed E-state index contributed by atoms with van der Waals surface area (Å²) in [7, 11) is 0. The van der Waals surface area contributed by atoms with E-state index < -0.39 is 6.10 Å². The molecule has 0 spiro atoms. The topological polar surface area (TPSA) is 70.4 Å². The van der Waals surface area contributed by atoms with Gasteiger partial charge < -0.3 is 15.0 Å². The summed E-state index contributed by atoms with van der Waals surface area (Å²) in [6, 6.07) is 12.6. The molecule has 0 bridgehead atoms. The predicted molar refractivity (Wildman–Crippen MR) is 120 cm³/mol. The highest BCUT2D eigenvalue weighted by atomic mass is 35.5. The molecule has 0 aliphatic carbocycles. The second-order valence-electron chi connectivity index (χ2n) is 7.62. The summed E-state index contributed by atoms with van der Waals surface area (Å²) in [5, 5.41) is 15.1. The van der Waals surface area contributed by atoms with Crippen LogP contribution >= 0.6 is 23.2 Å². The zero-order valence-electron chi connectivity index (χ0n) is 16.5. The molecule has 0 saturated carbocycles. The van der Waals surface area contributed by atoms with Crippen LogP contribution in [0.5, 0.6) is 0 Å². The van der Waals surface area contributed by atoms with Crippen molar-refractivity contribution in [2.75, 3.05) is 19.6 Å². The van der Waals surface area contributed by atoms with Crippen LogP contribution < -0.4 is 10.9 Å². The minimum atomic E-state index is -0.479. The summed E-state index contributed by atoms with van der Waals surface area (Å²) in [5.41, 5.74) is 2.64. The number of pyridine rings is 2. The SMILES string of the molecule is O=c1ccc2ncccc2n1CCN1CC[C@H](NCc2ccc(Cl)c(Cl)c2)[C@H](O)C1. The van der Waals surface area contributed by atoms with Gasteiger partial charge in [0.25, 0.3) is 5.56 Å². The molecule has 8 heteroatoms. The molecule has 6 nitrogen and oxygen atoms in total. The standard InChI is InChI=1S/C22H24Cl2N4O2/c23-16-4-3-15(12-17(16)24)13-26-19-7-9-27(14-21(19)29)10-11-28-20-2-1-8-25-18(20)5-6-22(28)30/h1-6,8,12,19,21,26,29H,7,9-11,13-14H2/t19-,21+/m0/s1. The van der Waals surface area contributed by atoms with Gasteiger partial charge in [-0.15, -0.1) is 0 Å². The first kappa shape index (κ1) is 21.3. The fourth-order valence-corrected chi connectivity index (χ4v) is 4.25. The smallest absolute Gasteiger partial charge is 0.251 e. The molecule has 0 unspecified atom stereocenters. The molecule has 4 rings (SSSR count). The van der Waals surface area contributed by atoms with Crippen LogP contribution in [0, 0.1) is 0 Å². The highest BCUT2D eigenvalue weighted by molar-refractivity contribution is 6.42. The molecule has 2 atom stereocenters. The van der Waals surface area contributed by atoms with Crippen molar-refractivity contribution in [3.63, 3.8) is 0 Å². The highest BCUT2D eigenvalue weighted by Crippen LogP contribution is 2.23. The number of hydrogen-bond acceptors (Lipinski definition) is 5. The normalized spacial score (nSPS) is 20.0. The number of hydrogen-bond donors (Lipinski definition) is 2. The molecule has 0 radical (unpaired) electrons. The van der Waals surface area contributed by atoms with Crippen molar-refractivity contribution >= 4 is 34.2 Å². The van der Waals surface area contributed by atoms with Gasteiger partial charge in [-0.2, -0.15) is 0 Å². The van der Waals surface area contributed by atoms with E-state index in [1.165, 1.54) is 0 Å². The first-order chi connectivity index (χ1) is 14.5. The van der Waals surface area contributed by atoms with E-state index in [1.807, 2.05) is 24.3 Å². The Morgan fingerprint density at radius 2 is 2.00 bits per heavy atom. The summed E-state index contributed by atoms with van der Waals surface area (Å²) in [6.07, 6.45) is 2.07. The van der Waals surface area contributed by atoms with E-state index in [-0.39, 0.29) is 11.6 Å². The maximum Gasteiger partial charge on any atom is 0.251 e. The third-order valence-electron chi connectivity index (χ3n) is 5.62. The molecule has 2 N–H and O–H groups in total. The third-order valence-corrected chi connectivity index (χ3v) is 6.35. The van der Waals surface area contributed by atoms with Gasteiger partial charge >= 0.3 is 0 Å². The molecule has 2 aromatic heterocycles. The molecule has 3 aromatic rings. The fraction of sp³-hybridized carbons (Fsp3) is 0.364. The number of likely N-dealkylation sites (tertiary alicyclic amines) is 1. The van der Waals surface area contributed by atoms with Crippen molar-refractivity contribution in [3.05, 3.63) is 74.6 Å². The van der Waals surface area contributed by atoms with Gasteiger partial charge in [-0.3, -0.25) is 14.7 Å². The van der Waals surface area contributed by atoms with Gasteiger partial charge in [-0.05, 0) is 48.9 Å². The van der Waals surface area contributed by atoms with E-state index in [4.69, 9.17) is 23.2 Å². The zero-order chi connectivity index (χ0) is 21.1. The Kier molecular flexibility index (Phi) is 6.71. The van der Waals surface area contributed by atoms with Crippen molar-refractivity contribution in [3.8, 4) is 0 Å². The minimum Gasteiger partial charge on any atom is -0.390 e. The van der Waals surface area contributed by atoms with Crippen LogP contribution in [-0.4, -0.2) is 51.3 Å². The Balaban J connectivity index is 1.32. The number of benzene rings is 1. The number of rotatable bonds is 6. The Bertz CT molecular complexity index is 1090. The lowest BCUT2D eigenvalue weighted by molar-refractivity contribution is 0.0385. The number of nitrogens with zero attached hydrogens (tertiary/aromatic N) is 3. The lowest BCUT2D eigenvalue weighted by atomic mass is 10.0. The van der Waals surface area contributed by atoms with Crippen LogP contribution in [-0.2, 0) is 13.1 Å². The van der Waals surface area contributed by atoms with Gasteiger partial charge in [0.2, 0.25) is 0 Å². The molecular formula is C22H24Cl2N4O2. The number of aliphatic hydroxyl groups is 1. The maximum absolute atomic E-state index is 12.3. The summed E-state index contributed by atoms with van der Waals surface area (Å²) in [4.78, 5) is 18.8. The van der Waals surface area contributed by atoms with Crippen molar-refractivity contribution < 1.29 is 5.11 Å². The van der Waals surface area contributed by atoms with Crippen LogP contribution in [0.15, 0.2) is 53.5 Å². The molecule has 0 amide bonds. The van der Waals surface area contributed by atoms with Gasteiger partial charge in [0, 0.05) is 44.5 Å². The van der Waals surface area contributed by atoms with Crippen molar-refractivity contribution in [1.29, 1.82) is 0 Å². The molecular weight excluding hydrogens is 423 g/mol. The van der Waals surface area contributed by atoms with Crippen molar-refractivity contribution in [2.24, 2.45) is 0 Å². The number of piperidine rings is 1. The zero-order valence-corrected chi connectivity index (χ0v) is 18.0. The molecule has 1 saturated heterocycles. The lowest BCUT2D eigenvalue weighted by Crippen LogP contribution is -2.53. The van der Waals surface area contributed by atoms with Gasteiger partial charge in [0.1, 0.15) is 0 Å². The quantitative estimate of drug-likeness (QED) is 0.608. The van der Waals surface area contributed by atoms with E-state index in [9.17, 15) is 9.90 Å². The summed E-state index contributed by atoms with van der Waals surface area (Å²) in [6.45, 7) is 3.31. The minimum absolute atomic E-state index is 0.0141. The highest BCUT2D eigenvalue weighted by Gasteiger charge is 2.27. The number of halogens is 2. The third kappa shape index (κ3) is 4.85. The second-order valence-corrected chi connectivity index (χ2v) is 8.44. The van der Waals surface area contributed by atoms with Crippen LogP contribution in [0.2, 0.25) is 10.0 Å². The van der Waals surface area contributed by atoms with E-state index in [0.717, 1.165) is 29.6 Å². The number of nitrogens with one attached hydrogen (secondary N) is 1. The van der Waals surface area contributed by atoms with Crippen LogP contribution in [0.4, 0.5) is 0 Å². The van der Waals surface area contributed by atoms with E-state index in [0.29, 0.717) is 36.2 Å². The molecule has 1 fully saturated rings. The fourth-order valence-electron chi connectivity index (χ4n) is 3.93. The van der Waals surface area contributed by atoms with Crippen LogP contribution in [0.3, 0.4) is 0 Å². The maximum atomic E-state index is 12.3. The average molecular weight is 447 g/mol. The average Bonchev–Trinajstić information content (AvgIpc) is 2.75. The van der Waals surface area contributed by atoms with Crippen molar-refractivity contribution in [1.82, 2.24) is 19.8 Å². The van der Waals surface area contributed by atoms with Gasteiger partial charge in [0.15, 0.2) is 0 Å². The predicted octanol–water partition coefficient (Wildman–Crippen LogP) is 2.93. The van der Waals surface area contributed by atoms with Crippen molar-refractivity contribution in [2.45, 2.75) is 31.7 Å². The molecule has 30 heavy (non-hydrogen) atoms. The Morgan fingerprint density at radius 1 is 1.13 bits per heavy atom. The first-order valence-corrected chi connectivity index (χ1v) is 10.8. The Labute approximate surface area is 185 Å². The number of fused-ring (bicyclic) bond motifs is 1. The number of aromatic nitrogens is 2.